The summed E-state index contributed by atoms with van der Waals surface area (Å²) in [5, 5.41) is 0. The Hall–Kier alpha value is -1.59. The first-order valence-corrected chi connectivity index (χ1v) is 11.3. The van der Waals surface area contributed by atoms with E-state index in [9.17, 15) is 4.79 Å². The van der Waals surface area contributed by atoms with Crippen molar-refractivity contribution in [2.24, 2.45) is 0 Å². The van der Waals surface area contributed by atoms with E-state index in [1.165, 1.54) is 12.8 Å². The average Bonchev–Trinajstić information content (AvgIpc) is 2.74. The Labute approximate surface area is 178 Å². The van der Waals surface area contributed by atoms with E-state index >= 15 is 0 Å². The van der Waals surface area contributed by atoms with Crippen molar-refractivity contribution in [3.8, 4) is 0 Å². The lowest BCUT2D eigenvalue weighted by molar-refractivity contribution is -0.129. The van der Waals surface area contributed by atoms with E-state index in [0.29, 0.717) is 18.8 Å². The van der Waals surface area contributed by atoms with Crippen molar-refractivity contribution in [1.82, 2.24) is 9.80 Å². The lowest BCUT2D eigenvalue weighted by Gasteiger charge is -2.35. The zero-order valence-corrected chi connectivity index (χ0v) is 19.0. The fourth-order valence-corrected chi connectivity index (χ4v) is 3.34. The molecule has 0 saturated carbocycles. The van der Waals surface area contributed by atoms with Gasteiger partial charge in [-0.2, -0.15) is 0 Å². The minimum absolute atomic E-state index is 0.161. The molecule has 29 heavy (non-hydrogen) atoms. The molecule has 166 valence electrons. The van der Waals surface area contributed by atoms with E-state index in [1.54, 1.807) is 7.11 Å². The molecule has 0 spiro atoms. The summed E-state index contributed by atoms with van der Waals surface area (Å²) in [4.78, 5) is 17.5. The van der Waals surface area contributed by atoms with E-state index in [-0.39, 0.29) is 5.91 Å². The third kappa shape index (κ3) is 11.2. The third-order valence-corrected chi connectivity index (χ3v) is 5.19. The molecule has 0 aromatic carbocycles. The SMILES string of the molecule is C=C(C/C=C(\CC/C=C\COCCCCC)C(=O)N1CCN(CCC)CC1)OC. The van der Waals surface area contributed by atoms with Gasteiger partial charge in [0.25, 0.3) is 0 Å². The Kier molecular flexibility index (Phi) is 14.2. The average molecular weight is 407 g/mol. The first kappa shape index (κ1) is 25.4. The van der Waals surface area contributed by atoms with Gasteiger partial charge in [-0.25, -0.2) is 0 Å². The molecule has 1 heterocycles. The van der Waals surface area contributed by atoms with Gasteiger partial charge in [0.2, 0.25) is 5.91 Å². The predicted octanol–water partition coefficient (Wildman–Crippen LogP) is 4.56. The van der Waals surface area contributed by atoms with Crippen LogP contribution >= 0.6 is 0 Å². The molecule has 0 aromatic heterocycles. The van der Waals surface area contributed by atoms with Crippen LogP contribution in [0, 0.1) is 0 Å². The second-order valence-corrected chi connectivity index (χ2v) is 7.60. The summed E-state index contributed by atoms with van der Waals surface area (Å²) in [5.74, 6) is 0.841. The molecule has 1 aliphatic heterocycles. The van der Waals surface area contributed by atoms with Gasteiger partial charge in [-0.15, -0.1) is 0 Å². The highest BCUT2D eigenvalue weighted by Gasteiger charge is 2.22. The zero-order chi connectivity index (χ0) is 21.3. The Balaban J connectivity index is 2.49. The van der Waals surface area contributed by atoms with Crippen LogP contribution in [-0.4, -0.2) is 68.8 Å². The second-order valence-electron chi connectivity index (χ2n) is 7.60. The molecule has 1 saturated heterocycles. The molecule has 1 aliphatic rings. The van der Waals surface area contributed by atoms with E-state index in [0.717, 1.165) is 70.6 Å². The molecule has 1 fully saturated rings. The summed E-state index contributed by atoms with van der Waals surface area (Å²) in [6, 6.07) is 0. The number of carbonyl (C=O) groups is 1. The lowest BCUT2D eigenvalue weighted by atomic mass is 10.1. The van der Waals surface area contributed by atoms with Gasteiger partial charge >= 0.3 is 0 Å². The molecule has 0 atom stereocenters. The molecule has 0 unspecified atom stereocenters. The number of methoxy groups -OCH3 is 1. The molecule has 0 aromatic rings. The number of carbonyl (C=O) groups excluding carboxylic acids is 1. The maximum absolute atomic E-state index is 13.1. The minimum atomic E-state index is 0.161. The van der Waals surface area contributed by atoms with Crippen LogP contribution in [0.1, 0.15) is 58.8 Å². The Bertz CT molecular complexity index is 520. The molecular weight excluding hydrogens is 364 g/mol. The molecule has 5 nitrogen and oxygen atoms in total. The molecule has 0 bridgehead atoms. The van der Waals surface area contributed by atoms with Gasteiger partial charge < -0.3 is 14.4 Å². The van der Waals surface area contributed by atoms with Crippen LogP contribution < -0.4 is 0 Å². The van der Waals surface area contributed by atoms with Crippen LogP contribution in [0.4, 0.5) is 0 Å². The minimum Gasteiger partial charge on any atom is -0.501 e. The Morgan fingerprint density at radius 1 is 1.07 bits per heavy atom. The van der Waals surface area contributed by atoms with Crippen molar-refractivity contribution in [2.45, 2.75) is 58.8 Å². The van der Waals surface area contributed by atoms with Gasteiger partial charge in [0.15, 0.2) is 0 Å². The standard InChI is InChI=1S/C24H42N2O3/c1-5-7-10-20-29-21-11-8-9-12-23(14-13-22(3)28-4)24(27)26-18-16-25(15-6-2)17-19-26/h8,11,14H,3,5-7,9-10,12-13,15-21H2,1-2,4H3/b11-8-,23-14+. The first-order chi connectivity index (χ1) is 14.1. The number of nitrogens with zero attached hydrogens (tertiary/aromatic N) is 2. The van der Waals surface area contributed by atoms with Crippen LogP contribution in [0.25, 0.3) is 0 Å². The fourth-order valence-electron chi connectivity index (χ4n) is 3.34. The topological polar surface area (TPSA) is 42.0 Å². The van der Waals surface area contributed by atoms with Crippen LogP contribution in [-0.2, 0) is 14.3 Å². The molecule has 1 rings (SSSR count). The largest absolute Gasteiger partial charge is 0.501 e. The van der Waals surface area contributed by atoms with Crippen LogP contribution in [0.2, 0.25) is 0 Å². The molecular formula is C24H42N2O3. The highest BCUT2D eigenvalue weighted by atomic mass is 16.5. The number of hydrogen-bond acceptors (Lipinski definition) is 4. The van der Waals surface area contributed by atoms with E-state index in [4.69, 9.17) is 9.47 Å². The third-order valence-electron chi connectivity index (χ3n) is 5.19. The van der Waals surface area contributed by atoms with Crippen molar-refractivity contribution < 1.29 is 14.3 Å². The summed E-state index contributed by atoms with van der Waals surface area (Å²) < 4.78 is 10.8. The fraction of sp³-hybridized carbons (Fsp3) is 0.708. The smallest absolute Gasteiger partial charge is 0.249 e. The summed E-state index contributed by atoms with van der Waals surface area (Å²) in [5.41, 5.74) is 0.862. The van der Waals surface area contributed by atoms with Gasteiger partial charge in [-0.1, -0.05) is 51.5 Å². The normalized spacial score (nSPS) is 15.8. The number of ether oxygens (including phenoxy) is 2. The molecule has 5 heteroatoms. The van der Waals surface area contributed by atoms with Gasteiger partial charge in [0.05, 0.1) is 19.5 Å². The van der Waals surface area contributed by atoms with Gasteiger partial charge in [0, 0.05) is 44.8 Å². The monoisotopic (exact) mass is 406 g/mol. The predicted molar refractivity (Wildman–Crippen MR) is 121 cm³/mol. The molecule has 0 N–H and O–H groups in total. The Morgan fingerprint density at radius 3 is 2.48 bits per heavy atom. The van der Waals surface area contributed by atoms with E-state index in [1.807, 2.05) is 11.0 Å². The van der Waals surface area contributed by atoms with Gasteiger partial charge in [0.1, 0.15) is 0 Å². The summed E-state index contributed by atoms with van der Waals surface area (Å²) in [6.45, 7) is 14.4. The van der Waals surface area contributed by atoms with Crippen molar-refractivity contribution in [1.29, 1.82) is 0 Å². The molecule has 0 aliphatic carbocycles. The summed E-state index contributed by atoms with van der Waals surface area (Å²) in [7, 11) is 1.62. The lowest BCUT2D eigenvalue weighted by Crippen LogP contribution is -2.49. The second kappa shape index (κ2) is 16.2. The molecule has 1 amide bonds. The quantitative estimate of drug-likeness (QED) is 0.173. The Morgan fingerprint density at radius 2 is 1.83 bits per heavy atom. The number of rotatable bonds is 15. The maximum atomic E-state index is 13.1. The molecule has 0 radical (unpaired) electrons. The van der Waals surface area contributed by atoms with Crippen molar-refractivity contribution in [3.63, 3.8) is 0 Å². The van der Waals surface area contributed by atoms with E-state index in [2.05, 4.69) is 37.5 Å². The van der Waals surface area contributed by atoms with Gasteiger partial charge in [-0.3, -0.25) is 9.69 Å². The maximum Gasteiger partial charge on any atom is 0.249 e. The van der Waals surface area contributed by atoms with E-state index < -0.39 is 0 Å². The number of allylic oxidation sites excluding steroid dienone is 2. The van der Waals surface area contributed by atoms with Crippen LogP contribution in [0.15, 0.2) is 36.1 Å². The van der Waals surface area contributed by atoms with Crippen LogP contribution in [0.3, 0.4) is 0 Å². The summed E-state index contributed by atoms with van der Waals surface area (Å²) >= 11 is 0. The van der Waals surface area contributed by atoms with Crippen molar-refractivity contribution in [2.75, 3.05) is 53.0 Å². The summed E-state index contributed by atoms with van der Waals surface area (Å²) in [6.07, 6.45) is 13.0. The highest BCUT2D eigenvalue weighted by Crippen LogP contribution is 2.15. The van der Waals surface area contributed by atoms with Gasteiger partial charge in [-0.05, 0) is 32.2 Å². The van der Waals surface area contributed by atoms with Crippen molar-refractivity contribution in [3.05, 3.63) is 36.1 Å². The first-order valence-electron chi connectivity index (χ1n) is 11.3. The number of unbranched alkanes of at least 4 members (excludes halogenated alkanes) is 2. The number of hydrogen-bond donors (Lipinski definition) is 0. The number of amides is 1. The highest BCUT2D eigenvalue weighted by molar-refractivity contribution is 5.93. The van der Waals surface area contributed by atoms with Crippen LogP contribution in [0.5, 0.6) is 0 Å². The number of piperazine rings is 1. The zero-order valence-electron chi connectivity index (χ0n) is 19.0. The van der Waals surface area contributed by atoms with Crippen molar-refractivity contribution >= 4 is 5.91 Å².